The SMILES string of the molecule is C=C(C)C(=O)OCOO[C-]=C(F)F. The molecule has 0 aromatic rings. The molecule has 0 spiro atoms. The fourth-order valence-corrected chi connectivity index (χ4v) is 0.286. The minimum Gasteiger partial charge on any atom is -0.539 e. The molecule has 0 radical (unpaired) electrons. The Morgan fingerprint density at radius 3 is 2.62 bits per heavy atom. The molecule has 0 saturated heterocycles. The van der Waals surface area contributed by atoms with Gasteiger partial charge in [0, 0.05) is 5.57 Å². The van der Waals surface area contributed by atoms with E-state index in [1.807, 2.05) is 0 Å². The van der Waals surface area contributed by atoms with E-state index in [9.17, 15) is 13.6 Å². The molecule has 0 saturated carbocycles. The van der Waals surface area contributed by atoms with Crippen molar-refractivity contribution in [2.45, 2.75) is 6.92 Å². The van der Waals surface area contributed by atoms with Crippen molar-refractivity contribution in [3.05, 3.63) is 24.5 Å². The molecule has 0 bridgehead atoms. The summed E-state index contributed by atoms with van der Waals surface area (Å²) in [7, 11) is 0. The Balaban J connectivity index is 3.42. The predicted octanol–water partition coefficient (Wildman–Crippen LogP) is 1.55. The Hall–Kier alpha value is -1.43. The first-order valence-electron chi connectivity index (χ1n) is 3.09. The van der Waals surface area contributed by atoms with Crippen LogP contribution in [0.15, 0.2) is 18.2 Å². The van der Waals surface area contributed by atoms with Gasteiger partial charge in [0.2, 0.25) is 6.79 Å². The predicted molar refractivity (Wildman–Crippen MR) is 36.9 cm³/mol. The standard InChI is InChI=1S/C7H7F2O4/c1-5(2)7(10)11-4-13-12-3-6(8)9/h1,4H2,2H3/q-1. The summed E-state index contributed by atoms with van der Waals surface area (Å²) in [6.07, 6.45) is -1.08. The second-order valence-corrected chi connectivity index (χ2v) is 1.89. The number of ether oxygens (including phenoxy) is 1. The summed E-state index contributed by atoms with van der Waals surface area (Å²) in [4.78, 5) is 18.3. The second-order valence-electron chi connectivity index (χ2n) is 1.89. The monoisotopic (exact) mass is 193 g/mol. The van der Waals surface area contributed by atoms with Crippen LogP contribution in [0.4, 0.5) is 8.78 Å². The van der Waals surface area contributed by atoms with Gasteiger partial charge in [-0.3, -0.25) is 0 Å². The third kappa shape index (κ3) is 6.95. The third-order valence-electron chi connectivity index (χ3n) is 0.764. The molecule has 0 aromatic heterocycles. The lowest BCUT2D eigenvalue weighted by molar-refractivity contribution is -0.302. The first-order chi connectivity index (χ1) is 6.04. The quantitative estimate of drug-likeness (QED) is 0.0971. The average Bonchev–Trinajstić information content (AvgIpc) is 2.02. The summed E-state index contributed by atoms with van der Waals surface area (Å²) in [5.41, 5.74) is 0.166. The topological polar surface area (TPSA) is 44.8 Å². The van der Waals surface area contributed by atoms with Crippen LogP contribution < -0.4 is 0 Å². The zero-order valence-corrected chi connectivity index (χ0v) is 6.80. The maximum Gasteiger partial charge on any atom is 0.335 e. The van der Waals surface area contributed by atoms with Crippen LogP contribution in [-0.2, 0) is 19.3 Å². The molecule has 0 aliphatic heterocycles. The molecular weight excluding hydrogens is 186 g/mol. The Morgan fingerprint density at radius 1 is 1.54 bits per heavy atom. The highest BCUT2D eigenvalue weighted by Crippen LogP contribution is 1.96. The van der Waals surface area contributed by atoms with Gasteiger partial charge >= 0.3 is 5.97 Å². The molecule has 0 unspecified atom stereocenters. The highest BCUT2D eigenvalue weighted by atomic mass is 19.3. The van der Waals surface area contributed by atoms with E-state index in [-0.39, 0.29) is 5.57 Å². The van der Waals surface area contributed by atoms with Crippen LogP contribution in [0.1, 0.15) is 6.92 Å². The first-order valence-corrected chi connectivity index (χ1v) is 3.09. The number of carbonyl (C=O) groups is 1. The Bertz CT molecular complexity index is 221. The summed E-state index contributed by atoms with van der Waals surface area (Å²) in [5, 5.41) is 0. The van der Waals surface area contributed by atoms with E-state index >= 15 is 0 Å². The summed E-state index contributed by atoms with van der Waals surface area (Å²) >= 11 is 0. The molecule has 0 heterocycles. The van der Waals surface area contributed by atoms with Gasteiger partial charge < -0.3 is 9.62 Å². The molecule has 0 amide bonds. The molecule has 0 rings (SSSR count). The lowest BCUT2D eigenvalue weighted by atomic mass is 10.4. The zero-order valence-electron chi connectivity index (χ0n) is 6.80. The zero-order chi connectivity index (χ0) is 10.3. The van der Waals surface area contributed by atoms with Crippen molar-refractivity contribution >= 4 is 5.97 Å². The maximum atomic E-state index is 11.2. The smallest absolute Gasteiger partial charge is 0.335 e. The van der Waals surface area contributed by atoms with Crippen molar-refractivity contribution in [3.8, 4) is 0 Å². The molecule has 0 aliphatic carbocycles. The number of hydrogen-bond acceptors (Lipinski definition) is 4. The lowest BCUT2D eigenvalue weighted by Gasteiger charge is -2.09. The fourth-order valence-electron chi connectivity index (χ4n) is 0.286. The van der Waals surface area contributed by atoms with Crippen molar-refractivity contribution in [3.63, 3.8) is 0 Å². The lowest BCUT2D eigenvalue weighted by Crippen LogP contribution is -2.08. The molecule has 6 heteroatoms. The molecule has 4 nitrogen and oxygen atoms in total. The van der Waals surface area contributed by atoms with Crippen molar-refractivity contribution in [1.29, 1.82) is 0 Å². The van der Waals surface area contributed by atoms with Crippen LogP contribution in [0.3, 0.4) is 0 Å². The van der Waals surface area contributed by atoms with Crippen LogP contribution >= 0.6 is 0 Å². The van der Waals surface area contributed by atoms with Gasteiger partial charge in [0.15, 0.2) is 0 Å². The van der Waals surface area contributed by atoms with Gasteiger partial charge in [-0.05, 0) is 6.92 Å². The Labute approximate surface area is 73.3 Å². The molecule has 13 heavy (non-hydrogen) atoms. The number of halogens is 2. The van der Waals surface area contributed by atoms with E-state index in [1.54, 1.807) is 0 Å². The van der Waals surface area contributed by atoms with Gasteiger partial charge in [0.05, 0.1) is 0 Å². The highest BCUT2D eigenvalue weighted by Gasteiger charge is 2.00. The maximum absolute atomic E-state index is 11.2. The van der Waals surface area contributed by atoms with Crippen LogP contribution in [0.2, 0.25) is 0 Å². The van der Waals surface area contributed by atoms with E-state index in [4.69, 9.17) is 0 Å². The number of rotatable bonds is 5. The molecule has 74 valence electrons. The second kappa shape index (κ2) is 6.13. The molecule has 0 N–H and O–H groups in total. The minimum absolute atomic E-state index is 0.166. The van der Waals surface area contributed by atoms with E-state index in [2.05, 4.69) is 21.1 Å². The largest absolute Gasteiger partial charge is 0.539 e. The summed E-state index contributed by atoms with van der Waals surface area (Å²) in [6.45, 7) is 4.09. The Kier molecular flexibility index (Phi) is 5.45. The van der Waals surface area contributed by atoms with Gasteiger partial charge in [-0.2, -0.15) is 11.1 Å². The molecule has 0 fully saturated rings. The molecular formula is C7H7F2O4-. The van der Waals surface area contributed by atoms with Crippen LogP contribution in [-0.4, -0.2) is 12.8 Å². The number of hydrogen-bond donors (Lipinski definition) is 0. The molecule has 0 aromatic carbocycles. The van der Waals surface area contributed by atoms with Gasteiger partial charge in [-0.1, -0.05) is 6.58 Å². The van der Waals surface area contributed by atoms with E-state index in [0.717, 1.165) is 6.26 Å². The Morgan fingerprint density at radius 2 is 2.15 bits per heavy atom. The summed E-state index contributed by atoms with van der Waals surface area (Å²) in [6, 6.07) is 0. The normalized spacial score (nSPS) is 8.85. The van der Waals surface area contributed by atoms with Crippen molar-refractivity contribution in [1.82, 2.24) is 0 Å². The van der Waals surface area contributed by atoms with Crippen molar-refractivity contribution in [2.75, 3.05) is 6.79 Å². The minimum atomic E-state index is -2.17. The number of esters is 1. The van der Waals surface area contributed by atoms with Gasteiger partial charge in [0.1, 0.15) is 6.08 Å². The van der Waals surface area contributed by atoms with Gasteiger partial charge in [0.25, 0.3) is 0 Å². The van der Waals surface area contributed by atoms with E-state index in [1.165, 1.54) is 6.92 Å². The van der Waals surface area contributed by atoms with E-state index in [0.29, 0.717) is 0 Å². The van der Waals surface area contributed by atoms with Crippen LogP contribution in [0, 0.1) is 6.26 Å². The number of carbonyl (C=O) groups excluding carboxylic acids is 1. The van der Waals surface area contributed by atoms with Crippen molar-refractivity contribution in [2.24, 2.45) is 0 Å². The molecule has 0 aliphatic rings. The third-order valence-corrected chi connectivity index (χ3v) is 0.764. The van der Waals surface area contributed by atoms with Crippen molar-refractivity contribution < 1.29 is 28.1 Å². The van der Waals surface area contributed by atoms with Crippen LogP contribution in [0.25, 0.3) is 0 Å². The average molecular weight is 193 g/mol. The van der Waals surface area contributed by atoms with Gasteiger partial charge in [-0.15, -0.1) is 0 Å². The van der Waals surface area contributed by atoms with E-state index < -0.39 is 18.8 Å². The first kappa shape index (κ1) is 11.6. The summed E-state index contributed by atoms with van der Waals surface area (Å²) < 4.78 is 26.8. The highest BCUT2D eigenvalue weighted by molar-refractivity contribution is 5.86. The van der Waals surface area contributed by atoms with Gasteiger partial charge in [-0.25, -0.2) is 13.6 Å². The fraction of sp³-hybridized carbons (Fsp3) is 0.286. The molecule has 0 atom stereocenters. The summed E-state index contributed by atoms with van der Waals surface area (Å²) in [5.74, 6) is -0.701. The van der Waals surface area contributed by atoms with Crippen LogP contribution in [0.5, 0.6) is 0 Å².